The molecule has 2 aliphatic rings. The molecular weight excluding hydrogens is 363 g/mol. The van der Waals surface area contributed by atoms with Gasteiger partial charge in [-0.2, -0.15) is 0 Å². The Morgan fingerprint density at radius 2 is 1.84 bits per heavy atom. The van der Waals surface area contributed by atoms with E-state index in [9.17, 15) is 9.59 Å². The van der Waals surface area contributed by atoms with Crippen LogP contribution in [0.3, 0.4) is 0 Å². The highest BCUT2D eigenvalue weighted by atomic mass is 35.5. The number of piperidine rings is 1. The topological polar surface area (TPSA) is 73.5 Å². The van der Waals surface area contributed by atoms with Gasteiger partial charge in [-0.3, -0.25) is 14.5 Å². The summed E-state index contributed by atoms with van der Waals surface area (Å²) < 4.78 is 0. The normalized spacial score (nSPS) is 21.1. The van der Waals surface area contributed by atoms with E-state index in [0.717, 1.165) is 58.4 Å². The van der Waals surface area contributed by atoms with Crippen LogP contribution in [0.2, 0.25) is 0 Å². The van der Waals surface area contributed by atoms with Crippen molar-refractivity contribution in [1.29, 1.82) is 0 Å². The van der Waals surface area contributed by atoms with Gasteiger partial charge in [0.05, 0.1) is 6.54 Å². The molecule has 3 N–H and O–H groups in total. The Morgan fingerprint density at radius 1 is 1.12 bits per heavy atom. The molecule has 2 saturated heterocycles. The molecule has 0 aromatic carbocycles. The maximum atomic E-state index is 12.0. The molecule has 0 aromatic rings. The number of halogens is 2. The largest absolute Gasteiger partial charge is 0.355 e. The summed E-state index contributed by atoms with van der Waals surface area (Å²) in [5.41, 5.74) is 0. The molecule has 2 heterocycles. The summed E-state index contributed by atoms with van der Waals surface area (Å²) in [6.45, 7) is 7.21. The zero-order valence-electron chi connectivity index (χ0n) is 15.2. The van der Waals surface area contributed by atoms with Crippen LogP contribution < -0.4 is 16.0 Å². The Kier molecular flexibility index (Phi) is 13.3. The molecule has 0 radical (unpaired) electrons. The van der Waals surface area contributed by atoms with Crippen LogP contribution in [0, 0.1) is 5.92 Å². The zero-order chi connectivity index (χ0) is 16.5. The molecule has 0 spiro atoms. The molecule has 2 rings (SSSR count). The van der Waals surface area contributed by atoms with Crippen LogP contribution in [-0.4, -0.2) is 62.0 Å². The van der Waals surface area contributed by atoms with Gasteiger partial charge in [0.25, 0.3) is 0 Å². The lowest BCUT2D eigenvalue weighted by Crippen LogP contribution is -2.47. The average molecular weight is 397 g/mol. The van der Waals surface area contributed by atoms with Crippen LogP contribution in [0.25, 0.3) is 0 Å². The molecule has 6 nitrogen and oxygen atoms in total. The summed E-state index contributed by atoms with van der Waals surface area (Å²) in [6, 6.07) is 0.277. The monoisotopic (exact) mass is 396 g/mol. The van der Waals surface area contributed by atoms with E-state index in [0.29, 0.717) is 18.9 Å². The third-order valence-corrected chi connectivity index (χ3v) is 4.83. The van der Waals surface area contributed by atoms with Crippen molar-refractivity contribution in [1.82, 2.24) is 20.9 Å². The molecule has 1 atom stereocenters. The first kappa shape index (κ1) is 24.4. The minimum absolute atomic E-state index is 0. The lowest BCUT2D eigenvalue weighted by atomic mass is 10.0. The highest BCUT2D eigenvalue weighted by Crippen LogP contribution is 2.15. The standard InChI is InChI=1S/C17H32N4O2.2ClH/c1-2-8-19-17(23)13-21-10-6-15(7-11-21)20-16(22)4-3-14-5-9-18-12-14;;/h14-15,18H,2-13H2,1H3,(H,19,23)(H,20,22);2*1H. The molecule has 8 heteroatoms. The van der Waals surface area contributed by atoms with Crippen molar-refractivity contribution in [2.24, 2.45) is 5.92 Å². The molecule has 0 aliphatic carbocycles. The number of hydrogen-bond acceptors (Lipinski definition) is 4. The SMILES string of the molecule is CCCNC(=O)CN1CCC(NC(=O)CCC2CCNC2)CC1.Cl.Cl. The number of amides is 2. The Labute approximate surface area is 164 Å². The van der Waals surface area contributed by atoms with Gasteiger partial charge in [0.15, 0.2) is 0 Å². The summed E-state index contributed by atoms with van der Waals surface area (Å²) in [6.07, 6.45) is 5.69. The predicted molar refractivity (Wildman–Crippen MR) is 106 cm³/mol. The summed E-state index contributed by atoms with van der Waals surface area (Å²) in [5, 5.41) is 9.42. The smallest absolute Gasteiger partial charge is 0.234 e. The van der Waals surface area contributed by atoms with Crippen molar-refractivity contribution in [2.45, 2.75) is 51.5 Å². The highest BCUT2D eigenvalue weighted by molar-refractivity contribution is 5.85. The zero-order valence-corrected chi connectivity index (χ0v) is 16.9. The summed E-state index contributed by atoms with van der Waals surface area (Å²) >= 11 is 0. The van der Waals surface area contributed by atoms with E-state index >= 15 is 0 Å². The van der Waals surface area contributed by atoms with Gasteiger partial charge < -0.3 is 16.0 Å². The van der Waals surface area contributed by atoms with Crippen LogP contribution in [0.15, 0.2) is 0 Å². The van der Waals surface area contributed by atoms with Crippen molar-refractivity contribution in [3.05, 3.63) is 0 Å². The summed E-state index contributed by atoms with van der Waals surface area (Å²) in [4.78, 5) is 25.9. The quantitative estimate of drug-likeness (QED) is 0.578. The number of rotatable bonds is 8. The van der Waals surface area contributed by atoms with Crippen LogP contribution in [-0.2, 0) is 9.59 Å². The van der Waals surface area contributed by atoms with Crippen molar-refractivity contribution < 1.29 is 9.59 Å². The van der Waals surface area contributed by atoms with E-state index in [1.807, 2.05) is 0 Å². The van der Waals surface area contributed by atoms with E-state index in [-0.39, 0.29) is 42.7 Å². The molecule has 148 valence electrons. The minimum Gasteiger partial charge on any atom is -0.355 e. The first-order valence-electron chi connectivity index (χ1n) is 9.16. The highest BCUT2D eigenvalue weighted by Gasteiger charge is 2.22. The Bertz CT molecular complexity index is 385. The van der Waals surface area contributed by atoms with E-state index in [1.165, 1.54) is 6.42 Å². The molecule has 0 aromatic heterocycles. The first-order chi connectivity index (χ1) is 11.2. The van der Waals surface area contributed by atoms with Gasteiger partial charge in [0.1, 0.15) is 0 Å². The molecule has 2 amide bonds. The minimum atomic E-state index is 0. The van der Waals surface area contributed by atoms with Gasteiger partial charge in [-0.1, -0.05) is 6.92 Å². The third kappa shape index (κ3) is 9.64. The second-order valence-corrected chi connectivity index (χ2v) is 6.87. The summed E-state index contributed by atoms with van der Waals surface area (Å²) in [5.74, 6) is 0.972. The van der Waals surface area contributed by atoms with Crippen LogP contribution in [0.4, 0.5) is 0 Å². The van der Waals surface area contributed by atoms with Crippen LogP contribution >= 0.6 is 24.8 Å². The van der Waals surface area contributed by atoms with Crippen LogP contribution in [0.5, 0.6) is 0 Å². The lowest BCUT2D eigenvalue weighted by Gasteiger charge is -2.31. The fourth-order valence-corrected chi connectivity index (χ4v) is 3.35. The van der Waals surface area contributed by atoms with E-state index in [2.05, 4.69) is 27.8 Å². The molecule has 25 heavy (non-hydrogen) atoms. The Hall–Kier alpha value is -0.560. The fourth-order valence-electron chi connectivity index (χ4n) is 3.35. The molecule has 2 aliphatic heterocycles. The number of hydrogen-bond donors (Lipinski definition) is 3. The van der Waals surface area contributed by atoms with Crippen molar-refractivity contribution in [2.75, 3.05) is 39.3 Å². The predicted octanol–water partition coefficient (Wildman–Crippen LogP) is 1.33. The van der Waals surface area contributed by atoms with E-state index < -0.39 is 0 Å². The van der Waals surface area contributed by atoms with Crippen molar-refractivity contribution in [3.8, 4) is 0 Å². The number of nitrogens with zero attached hydrogens (tertiary/aromatic N) is 1. The van der Waals surface area contributed by atoms with Gasteiger partial charge in [-0.25, -0.2) is 0 Å². The molecule has 1 unspecified atom stereocenters. The maximum Gasteiger partial charge on any atom is 0.234 e. The Morgan fingerprint density at radius 3 is 2.44 bits per heavy atom. The van der Waals surface area contributed by atoms with Gasteiger partial charge >= 0.3 is 0 Å². The maximum absolute atomic E-state index is 12.0. The second-order valence-electron chi connectivity index (χ2n) is 6.87. The Balaban J connectivity index is 0.00000288. The first-order valence-corrected chi connectivity index (χ1v) is 9.16. The van der Waals surface area contributed by atoms with Crippen molar-refractivity contribution in [3.63, 3.8) is 0 Å². The number of likely N-dealkylation sites (tertiary alicyclic amines) is 1. The van der Waals surface area contributed by atoms with Crippen molar-refractivity contribution >= 4 is 36.6 Å². The molecule has 0 bridgehead atoms. The second kappa shape index (κ2) is 13.6. The van der Waals surface area contributed by atoms with Gasteiger partial charge in [-0.15, -0.1) is 24.8 Å². The van der Waals surface area contributed by atoms with Crippen LogP contribution in [0.1, 0.15) is 45.4 Å². The molecule has 0 saturated carbocycles. The van der Waals surface area contributed by atoms with E-state index in [1.54, 1.807) is 0 Å². The number of carbonyl (C=O) groups excluding carboxylic acids is 2. The molecular formula is C17H34Cl2N4O2. The van der Waals surface area contributed by atoms with E-state index in [4.69, 9.17) is 0 Å². The van der Waals surface area contributed by atoms with Gasteiger partial charge in [0, 0.05) is 32.1 Å². The van der Waals surface area contributed by atoms with Gasteiger partial charge in [0.2, 0.25) is 11.8 Å². The lowest BCUT2D eigenvalue weighted by molar-refractivity contribution is -0.124. The molecule has 2 fully saturated rings. The fraction of sp³-hybridized carbons (Fsp3) is 0.882. The van der Waals surface area contributed by atoms with Gasteiger partial charge in [-0.05, 0) is 51.1 Å². The third-order valence-electron chi connectivity index (χ3n) is 4.83. The number of nitrogens with one attached hydrogen (secondary N) is 3. The summed E-state index contributed by atoms with van der Waals surface area (Å²) in [7, 11) is 0. The average Bonchev–Trinajstić information content (AvgIpc) is 3.06. The number of carbonyl (C=O) groups is 2.